The third kappa shape index (κ3) is 2.54. The maximum atomic E-state index is 12.4. The SMILES string of the molecule is COCCN(CCN)C(=O)C1Cc2ccccc21. The summed E-state index contributed by atoms with van der Waals surface area (Å²) < 4.78 is 5.03. The van der Waals surface area contributed by atoms with Gasteiger partial charge in [0.05, 0.1) is 12.5 Å². The first-order valence-corrected chi connectivity index (χ1v) is 6.33. The first-order chi connectivity index (χ1) is 8.77. The average molecular weight is 248 g/mol. The molecule has 4 heteroatoms. The molecular weight excluding hydrogens is 228 g/mol. The summed E-state index contributed by atoms with van der Waals surface area (Å²) in [6, 6.07) is 8.13. The second-order valence-corrected chi connectivity index (χ2v) is 4.56. The van der Waals surface area contributed by atoms with Crippen LogP contribution in [0.3, 0.4) is 0 Å². The molecule has 0 radical (unpaired) electrons. The quantitative estimate of drug-likeness (QED) is 0.808. The van der Waals surface area contributed by atoms with Crippen molar-refractivity contribution in [3.05, 3.63) is 35.4 Å². The summed E-state index contributed by atoms with van der Waals surface area (Å²) in [7, 11) is 1.64. The third-order valence-corrected chi connectivity index (χ3v) is 3.43. The molecule has 2 N–H and O–H groups in total. The molecule has 98 valence electrons. The molecule has 1 amide bonds. The lowest BCUT2D eigenvalue weighted by molar-refractivity contribution is -0.134. The normalized spacial score (nSPS) is 16.9. The molecule has 4 nitrogen and oxygen atoms in total. The van der Waals surface area contributed by atoms with E-state index in [1.54, 1.807) is 7.11 Å². The molecule has 0 saturated heterocycles. The highest BCUT2D eigenvalue weighted by atomic mass is 16.5. The Balaban J connectivity index is 2.02. The highest BCUT2D eigenvalue weighted by Gasteiger charge is 2.34. The molecule has 1 aliphatic rings. The Hall–Kier alpha value is -1.39. The highest BCUT2D eigenvalue weighted by Crippen LogP contribution is 2.35. The Morgan fingerprint density at radius 1 is 1.44 bits per heavy atom. The third-order valence-electron chi connectivity index (χ3n) is 3.43. The first-order valence-electron chi connectivity index (χ1n) is 6.33. The van der Waals surface area contributed by atoms with Gasteiger partial charge in [0.25, 0.3) is 0 Å². The second kappa shape index (κ2) is 5.98. The van der Waals surface area contributed by atoms with Crippen molar-refractivity contribution in [1.29, 1.82) is 0 Å². The van der Waals surface area contributed by atoms with Crippen LogP contribution < -0.4 is 5.73 Å². The number of rotatable bonds is 6. The largest absolute Gasteiger partial charge is 0.383 e. The van der Waals surface area contributed by atoms with Crippen molar-refractivity contribution in [1.82, 2.24) is 4.90 Å². The monoisotopic (exact) mass is 248 g/mol. The van der Waals surface area contributed by atoms with E-state index in [2.05, 4.69) is 6.07 Å². The molecule has 0 spiro atoms. The van der Waals surface area contributed by atoms with Crippen LogP contribution in [-0.2, 0) is 16.0 Å². The van der Waals surface area contributed by atoms with Crippen molar-refractivity contribution >= 4 is 5.91 Å². The van der Waals surface area contributed by atoms with E-state index >= 15 is 0 Å². The van der Waals surface area contributed by atoms with Crippen LogP contribution in [0, 0.1) is 0 Å². The van der Waals surface area contributed by atoms with Gasteiger partial charge in [-0.25, -0.2) is 0 Å². The number of nitrogens with zero attached hydrogens (tertiary/aromatic N) is 1. The summed E-state index contributed by atoms with van der Waals surface area (Å²) in [5.41, 5.74) is 8.01. The highest BCUT2D eigenvalue weighted by molar-refractivity contribution is 5.87. The van der Waals surface area contributed by atoms with E-state index in [-0.39, 0.29) is 11.8 Å². The van der Waals surface area contributed by atoms with Gasteiger partial charge in [-0.3, -0.25) is 4.79 Å². The molecule has 0 bridgehead atoms. The van der Waals surface area contributed by atoms with Crippen LogP contribution in [-0.4, -0.2) is 44.2 Å². The van der Waals surface area contributed by atoms with Gasteiger partial charge in [-0.2, -0.15) is 0 Å². The van der Waals surface area contributed by atoms with Crippen LogP contribution in [0.15, 0.2) is 24.3 Å². The lowest BCUT2D eigenvalue weighted by Gasteiger charge is -2.33. The zero-order valence-electron chi connectivity index (χ0n) is 10.8. The van der Waals surface area contributed by atoms with Gasteiger partial charge in [-0.15, -0.1) is 0 Å². The van der Waals surface area contributed by atoms with Crippen molar-refractivity contribution in [3.8, 4) is 0 Å². The number of benzene rings is 1. The van der Waals surface area contributed by atoms with Gasteiger partial charge in [0, 0.05) is 26.7 Å². The minimum atomic E-state index is 0.0182. The fourth-order valence-corrected chi connectivity index (χ4v) is 2.39. The van der Waals surface area contributed by atoms with E-state index in [4.69, 9.17) is 10.5 Å². The molecule has 1 atom stereocenters. The topological polar surface area (TPSA) is 55.6 Å². The van der Waals surface area contributed by atoms with Gasteiger partial charge in [0.2, 0.25) is 5.91 Å². The molecule has 2 rings (SSSR count). The minimum Gasteiger partial charge on any atom is -0.383 e. The molecule has 0 saturated carbocycles. The van der Waals surface area contributed by atoms with Gasteiger partial charge in [-0.05, 0) is 17.5 Å². The van der Waals surface area contributed by atoms with Crippen LogP contribution in [0.2, 0.25) is 0 Å². The van der Waals surface area contributed by atoms with Gasteiger partial charge in [0.15, 0.2) is 0 Å². The number of amides is 1. The smallest absolute Gasteiger partial charge is 0.230 e. The number of ether oxygens (including phenoxy) is 1. The van der Waals surface area contributed by atoms with Crippen molar-refractivity contribution in [3.63, 3.8) is 0 Å². The van der Waals surface area contributed by atoms with E-state index in [1.807, 2.05) is 23.1 Å². The second-order valence-electron chi connectivity index (χ2n) is 4.56. The fourth-order valence-electron chi connectivity index (χ4n) is 2.39. The van der Waals surface area contributed by atoms with Gasteiger partial charge < -0.3 is 15.4 Å². The maximum Gasteiger partial charge on any atom is 0.230 e. The molecule has 0 heterocycles. The summed E-state index contributed by atoms with van der Waals surface area (Å²) in [6.07, 6.45) is 0.850. The van der Waals surface area contributed by atoms with E-state index in [9.17, 15) is 4.79 Å². The number of carbonyl (C=O) groups excluding carboxylic acids is 1. The number of hydrogen-bond donors (Lipinski definition) is 1. The minimum absolute atomic E-state index is 0.0182. The zero-order valence-corrected chi connectivity index (χ0v) is 10.8. The molecule has 1 aliphatic carbocycles. The molecule has 18 heavy (non-hydrogen) atoms. The van der Waals surface area contributed by atoms with Gasteiger partial charge in [0.1, 0.15) is 0 Å². The predicted octanol–water partition coefficient (Wildman–Crippen LogP) is 0.760. The lowest BCUT2D eigenvalue weighted by atomic mass is 9.77. The summed E-state index contributed by atoms with van der Waals surface area (Å²) in [5, 5.41) is 0. The number of carbonyl (C=O) groups is 1. The zero-order chi connectivity index (χ0) is 13.0. The number of methoxy groups -OCH3 is 1. The number of fused-ring (bicyclic) bond motifs is 1. The Kier molecular flexibility index (Phi) is 4.33. The van der Waals surface area contributed by atoms with E-state index < -0.39 is 0 Å². The Labute approximate surface area is 108 Å². The molecule has 0 fully saturated rings. The molecular formula is C14H20N2O2. The van der Waals surface area contributed by atoms with Crippen LogP contribution in [0.4, 0.5) is 0 Å². The summed E-state index contributed by atoms with van der Waals surface area (Å²) in [5.74, 6) is 0.195. The standard InChI is InChI=1S/C14H20N2O2/c1-18-9-8-16(7-6-15)14(17)13-10-11-4-2-3-5-12(11)13/h2-5,13H,6-10,15H2,1H3. The fraction of sp³-hybridized carbons (Fsp3) is 0.500. The molecule has 0 aromatic heterocycles. The predicted molar refractivity (Wildman–Crippen MR) is 70.4 cm³/mol. The van der Waals surface area contributed by atoms with E-state index in [1.165, 1.54) is 11.1 Å². The van der Waals surface area contributed by atoms with Crippen molar-refractivity contribution < 1.29 is 9.53 Å². The van der Waals surface area contributed by atoms with Gasteiger partial charge >= 0.3 is 0 Å². The average Bonchev–Trinajstić information content (AvgIpc) is 2.35. The van der Waals surface area contributed by atoms with Crippen molar-refractivity contribution in [2.45, 2.75) is 12.3 Å². The molecule has 0 aliphatic heterocycles. The lowest BCUT2D eigenvalue weighted by Crippen LogP contribution is -2.43. The van der Waals surface area contributed by atoms with Crippen LogP contribution in [0.5, 0.6) is 0 Å². The number of nitrogens with two attached hydrogens (primary N) is 1. The van der Waals surface area contributed by atoms with Crippen LogP contribution in [0.1, 0.15) is 17.0 Å². The van der Waals surface area contributed by atoms with E-state index in [0.29, 0.717) is 26.2 Å². The maximum absolute atomic E-state index is 12.4. The van der Waals surface area contributed by atoms with Crippen molar-refractivity contribution in [2.24, 2.45) is 5.73 Å². The molecule has 1 aromatic rings. The molecule has 1 aromatic carbocycles. The Morgan fingerprint density at radius 2 is 2.22 bits per heavy atom. The Morgan fingerprint density at radius 3 is 2.89 bits per heavy atom. The number of hydrogen-bond acceptors (Lipinski definition) is 3. The van der Waals surface area contributed by atoms with Crippen LogP contribution >= 0.6 is 0 Å². The van der Waals surface area contributed by atoms with Crippen LogP contribution in [0.25, 0.3) is 0 Å². The molecule has 1 unspecified atom stereocenters. The Bertz CT molecular complexity index is 420. The summed E-state index contributed by atoms with van der Waals surface area (Å²) in [6.45, 7) is 2.26. The summed E-state index contributed by atoms with van der Waals surface area (Å²) >= 11 is 0. The first kappa shape index (κ1) is 13.1. The summed E-state index contributed by atoms with van der Waals surface area (Å²) in [4.78, 5) is 14.2. The van der Waals surface area contributed by atoms with Gasteiger partial charge in [-0.1, -0.05) is 24.3 Å². The van der Waals surface area contributed by atoms with E-state index in [0.717, 1.165) is 6.42 Å². The van der Waals surface area contributed by atoms with Crippen molar-refractivity contribution in [2.75, 3.05) is 33.4 Å².